The molecule has 4 aromatic rings. The van der Waals surface area contributed by atoms with Crippen molar-refractivity contribution in [3.8, 4) is 0 Å². The second-order valence-corrected chi connectivity index (χ2v) is 12.0. The van der Waals surface area contributed by atoms with Crippen molar-refractivity contribution in [2.45, 2.75) is 63.9 Å². The SMILES string of the molecule is CC(C)(C)OC(=O)NCCCC[C@H](NC(=O)[C@H]1O[C@@H]1C(=O)Nc1cccc2ccccc12)C(=O)Nc1cccc2ccccc12. The summed E-state index contributed by atoms with van der Waals surface area (Å²) in [7, 11) is 0. The van der Waals surface area contributed by atoms with Crippen LogP contribution in [-0.4, -0.2) is 54.2 Å². The summed E-state index contributed by atoms with van der Waals surface area (Å²) in [5, 5.41) is 15.0. The summed E-state index contributed by atoms with van der Waals surface area (Å²) < 4.78 is 10.7. The Balaban J connectivity index is 1.21. The lowest BCUT2D eigenvalue weighted by Gasteiger charge is -2.20. The van der Waals surface area contributed by atoms with Crippen LogP contribution < -0.4 is 21.3 Å². The number of alkyl carbamates (subject to hydrolysis) is 1. The maximum absolute atomic E-state index is 13.5. The van der Waals surface area contributed by atoms with Gasteiger partial charge in [-0.3, -0.25) is 14.4 Å². The fourth-order valence-corrected chi connectivity index (χ4v) is 5.10. The van der Waals surface area contributed by atoms with E-state index < -0.39 is 47.7 Å². The molecule has 0 spiro atoms. The molecule has 0 aliphatic carbocycles. The Morgan fingerprint density at radius 1 is 0.733 bits per heavy atom. The van der Waals surface area contributed by atoms with Gasteiger partial charge in [0, 0.05) is 28.7 Å². The third-order valence-corrected chi connectivity index (χ3v) is 7.32. The van der Waals surface area contributed by atoms with E-state index in [1.165, 1.54) is 0 Å². The molecule has 0 bridgehead atoms. The molecule has 1 fully saturated rings. The number of amides is 4. The molecule has 0 aromatic heterocycles. The molecule has 10 heteroatoms. The van der Waals surface area contributed by atoms with Crippen molar-refractivity contribution in [1.29, 1.82) is 0 Å². The van der Waals surface area contributed by atoms with Crippen LogP contribution in [0.15, 0.2) is 84.9 Å². The first-order chi connectivity index (χ1) is 21.6. The zero-order chi connectivity index (χ0) is 32.0. The number of rotatable bonds is 11. The number of epoxide rings is 1. The highest BCUT2D eigenvalue weighted by atomic mass is 16.6. The van der Waals surface area contributed by atoms with Gasteiger partial charge in [-0.15, -0.1) is 0 Å². The summed E-state index contributed by atoms with van der Waals surface area (Å²) >= 11 is 0. The highest BCUT2D eigenvalue weighted by Crippen LogP contribution is 2.28. The molecule has 0 unspecified atom stereocenters. The average molecular weight is 611 g/mol. The molecule has 1 saturated heterocycles. The summed E-state index contributed by atoms with van der Waals surface area (Å²) in [4.78, 5) is 51.6. The fraction of sp³-hybridized carbons (Fsp3) is 0.314. The lowest BCUT2D eigenvalue weighted by Crippen LogP contribution is -2.46. The van der Waals surface area contributed by atoms with Crippen molar-refractivity contribution in [3.63, 3.8) is 0 Å². The van der Waals surface area contributed by atoms with Crippen LogP contribution in [0.3, 0.4) is 0 Å². The molecule has 45 heavy (non-hydrogen) atoms. The Morgan fingerprint density at radius 3 is 1.91 bits per heavy atom. The maximum atomic E-state index is 13.5. The molecule has 0 saturated carbocycles. The second kappa shape index (κ2) is 13.8. The lowest BCUT2D eigenvalue weighted by atomic mass is 10.1. The number of anilines is 2. The van der Waals surface area contributed by atoms with E-state index in [1.807, 2.05) is 78.9 Å². The van der Waals surface area contributed by atoms with E-state index in [9.17, 15) is 19.2 Å². The van der Waals surface area contributed by atoms with Gasteiger partial charge in [-0.1, -0.05) is 72.8 Å². The molecule has 4 aromatic carbocycles. The fourth-order valence-electron chi connectivity index (χ4n) is 5.10. The smallest absolute Gasteiger partial charge is 0.407 e. The number of carbonyl (C=O) groups is 4. The third-order valence-electron chi connectivity index (χ3n) is 7.32. The Kier molecular flexibility index (Phi) is 9.63. The van der Waals surface area contributed by atoms with Crippen molar-refractivity contribution in [2.75, 3.05) is 17.2 Å². The number of ether oxygens (including phenoxy) is 2. The van der Waals surface area contributed by atoms with Crippen LogP contribution in [0.4, 0.5) is 16.2 Å². The number of nitrogens with one attached hydrogen (secondary N) is 4. The van der Waals surface area contributed by atoms with Gasteiger partial charge in [0.2, 0.25) is 5.91 Å². The van der Waals surface area contributed by atoms with E-state index in [4.69, 9.17) is 9.47 Å². The number of unbranched alkanes of at least 4 members (excludes halogenated alkanes) is 1. The molecular weight excluding hydrogens is 572 g/mol. The van der Waals surface area contributed by atoms with Crippen LogP contribution in [0, 0.1) is 0 Å². The van der Waals surface area contributed by atoms with Crippen molar-refractivity contribution in [3.05, 3.63) is 84.9 Å². The monoisotopic (exact) mass is 610 g/mol. The van der Waals surface area contributed by atoms with Crippen molar-refractivity contribution >= 4 is 56.7 Å². The molecule has 0 radical (unpaired) electrons. The first-order valence-corrected chi connectivity index (χ1v) is 15.1. The van der Waals surface area contributed by atoms with Gasteiger partial charge in [0.1, 0.15) is 11.6 Å². The molecule has 234 valence electrons. The van der Waals surface area contributed by atoms with Gasteiger partial charge in [0.05, 0.1) is 0 Å². The van der Waals surface area contributed by atoms with E-state index in [1.54, 1.807) is 26.8 Å². The largest absolute Gasteiger partial charge is 0.444 e. The summed E-state index contributed by atoms with van der Waals surface area (Å²) in [6.45, 7) is 5.71. The molecule has 5 rings (SSSR count). The minimum atomic E-state index is -1.01. The van der Waals surface area contributed by atoms with Crippen LogP contribution in [0.1, 0.15) is 40.0 Å². The number of fused-ring (bicyclic) bond motifs is 2. The second-order valence-electron chi connectivity index (χ2n) is 12.0. The summed E-state index contributed by atoms with van der Waals surface area (Å²) in [5.74, 6) is -1.37. The molecule has 1 heterocycles. The van der Waals surface area contributed by atoms with Crippen LogP contribution >= 0.6 is 0 Å². The normalized spacial score (nSPS) is 16.4. The van der Waals surface area contributed by atoms with E-state index >= 15 is 0 Å². The molecule has 1 aliphatic rings. The molecular formula is C35H38N4O6. The highest BCUT2D eigenvalue weighted by molar-refractivity contribution is 6.08. The standard InChI is InChI=1S/C35H38N4O6/c1-35(2,3)45-34(43)36-21-9-8-18-28(31(40)37-26-19-10-14-22-12-4-6-16-24(22)26)39-33(42)30-29(44-30)32(41)38-27-20-11-15-23-13-5-7-17-25(23)27/h4-7,10-17,19-20,28-30H,8-9,18,21H2,1-3H3,(H,36,43)(H,37,40)(H,38,41)(H,39,42)/t28-,29-,30-/m0/s1. The molecule has 4 amide bonds. The van der Waals surface area contributed by atoms with Crippen LogP contribution in [0.5, 0.6) is 0 Å². The zero-order valence-corrected chi connectivity index (χ0v) is 25.6. The number of benzene rings is 4. The number of hydrogen-bond donors (Lipinski definition) is 4. The minimum Gasteiger partial charge on any atom is -0.444 e. The van der Waals surface area contributed by atoms with Gasteiger partial charge in [0.25, 0.3) is 11.8 Å². The summed E-state index contributed by atoms with van der Waals surface area (Å²) in [6.07, 6.45) is -1.11. The van der Waals surface area contributed by atoms with Gasteiger partial charge < -0.3 is 30.7 Å². The number of carbonyl (C=O) groups excluding carboxylic acids is 4. The Morgan fingerprint density at radius 2 is 1.29 bits per heavy atom. The van der Waals surface area contributed by atoms with Crippen molar-refractivity contribution in [1.82, 2.24) is 10.6 Å². The lowest BCUT2D eigenvalue weighted by molar-refractivity contribution is -0.127. The van der Waals surface area contributed by atoms with Crippen LogP contribution in [0.2, 0.25) is 0 Å². The Hall–Kier alpha value is -4.96. The van der Waals surface area contributed by atoms with E-state index in [0.29, 0.717) is 37.2 Å². The van der Waals surface area contributed by atoms with Gasteiger partial charge in [-0.05, 0) is 62.9 Å². The van der Waals surface area contributed by atoms with Crippen molar-refractivity contribution < 1.29 is 28.7 Å². The zero-order valence-electron chi connectivity index (χ0n) is 25.6. The number of hydrogen-bond acceptors (Lipinski definition) is 6. The maximum Gasteiger partial charge on any atom is 0.407 e. The molecule has 4 N–H and O–H groups in total. The molecule has 3 atom stereocenters. The van der Waals surface area contributed by atoms with E-state index in [0.717, 1.165) is 21.5 Å². The van der Waals surface area contributed by atoms with Gasteiger partial charge >= 0.3 is 6.09 Å². The molecule has 10 nitrogen and oxygen atoms in total. The summed E-state index contributed by atoms with van der Waals surface area (Å²) in [5.41, 5.74) is 0.646. The van der Waals surface area contributed by atoms with Gasteiger partial charge in [0.15, 0.2) is 12.2 Å². The minimum absolute atomic E-state index is 0.303. The highest BCUT2D eigenvalue weighted by Gasteiger charge is 2.51. The van der Waals surface area contributed by atoms with Crippen LogP contribution in [-0.2, 0) is 23.9 Å². The first-order valence-electron chi connectivity index (χ1n) is 15.1. The molecule has 1 aliphatic heterocycles. The van der Waals surface area contributed by atoms with Gasteiger partial charge in [-0.2, -0.15) is 0 Å². The Bertz CT molecular complexity index is 1710. The third kappa shape index (κ3) is 8.36. The average Bonchev–Trinajstić information content (AvgIpc) is 3.81. The quantitative estimate of drug-likeness (QED) is 0.130. The summed E-state index contributed by atoms with van der Waals surface area (Å²) in [6, 6.07) is 25.7. The Labute approximate surface area is 261 Å². The van der Waals surface area contributed by atoms with E-state index in [-0.39, 0.29) is 0 Å². The predicted molar refractivity (Wildman–Crippen MR) is 174 cm³/mol. The van der Waals surface area contributed by atoms with Crippen molar-refractivity contribution in [2.24, 2.45) is 0 Å². The van der Waals surface area contributed by atoms with Gasteiger partial charge in [-0.25, -0.2) is 4.79 Å². The van der Waals surface area contributed by atoms with Crippen LogP contribution in [0.25, 0.3) is 21.5 Å². The first kappa shape index (κ1) is 31.5. The topological polar surface area (TPSA) is 138 Å². The predicted octanol–water partition coefficient (Wildman–Crippen LogP) is 5.52. The van der Waals surface area contributed by atoms with E-state index in [2.05, 4.69) is 21.3 Å².